The maximum absolute atomic E-state index is 4.83. The molecule has 1 aliphatic carbocycles. The minimum Gasteiger partial charge on any atom is -0.356 e. The highest BCUT2D eigenvalue weighted by Crippen LogP contribution is 2.40. The van der Waals surface area contributed by atoms with Gasteiger partial charge in [0.25, 0.3) is 0 Å². The zero-order valence-corrected chi connectivity index (χ0v) is 12.4. The zero-order valence-electron chi connectivity index (χ0n) is 12.4. The third-order valence-electron chi connectivity index (χ3n) is 5.28. The Morgan fingerprint density at radius 2 is 2.00 bits per heavy atom. The molecule has 108 valence electrons. The first kappa shape index (κ1) is 12.6. The van der Waals surface area contributed by atoms with Crippen molar-refractivity contribution in [2.45, 2.75) is 44.9 Å². The van der Waals surface area contributed by atoms with Gasteiger partial charge in [-0.1, -0.05) is 0 Å². The molecule has 1 spiro atoms. The topological polar surface area (TPSA) is 41.0 Å². The molecule has 1 aromatic heterocycles. The summed E-state index contributed by atoms with van der Waals surface area (Å²) in [4.78, 5) is 11.9. The van der Waals surface area contributed by atoms with Crippen LogP contribution in [-0.2, 0) is 0 Å². The second-order valence-corrected chi connectivity index (χ2v) is 6.91. The molecule has 2 aliphatic heterocycles. The first-order valence-corrected chi connectivity index (χ1v) is 8.05. The summed E-state index contributed by atoms with van der Waals surface area (Å²) in [6, 6.07) is 2.16. The number of hydrogen-bond donors (Lipinski definition) is 1. The van der Waals surface area contributed by atoms with Crippen molar-refractivity contribution < 1.29 is 0 Å². The lowest BCUT2D eigenvalue weighted by Gasteiger charge is -2.39. The molecular formula is C16H24N4. The summed E-state index contributed by atoms with van der Waals surface area (Å²) in [5.74, 6) is 2.90. The molecular weight excluding hydrogens is 248 g/mol. The van der Waals surface area contributed by atoms with Gasteiger partial charge >= 0.3 is 0 Å². The summed E-state index contributed by atoms with van der Waals surface area (Å²) in [7, 11) is 0. The van der Waals surface area contributed by atoms with Crippen molar-refractivity contribution in [1.82, 2.24) is 15.3 Å². The Bertz CT molecular complexity index is 493. The molecule has 1 saturated carbocycles. The van der Waals surface area contributed by atoms with E-state index in [1.807, 2.05) is 0 Å². The lowest BCUT2D eigenvalue weighted by Crippen LogP contribution is -2.41. The monoisotopic (exact) mass is 272 g/mol. The van der Waals surface area contributed by atoms with Gasteiger partial charge in [-0.15, -0.1) is 0 Å². The number of nitrogens with zero attached hydrogens (tertiary/aromatic N) is 3. The van der Waals surface area contributed by atoms with Gasteiger partial charge in [0.1, 0.15) is 11.6 Å². The van der Waals surface area contributed by atoms with Gasteiger partial charge in [0.05, 0.1) is 0 Å². The van der Waals surface area contributed by atoms with Gasteiger partial charge in [0, 0.05) is 37.3 Å². The summed E-state index contributed by atoms with van der Waals surface area (Å²) in [5.41, 5.74) is 1.71. The van der Waals surface area contributed by atoms with E-state index < -0.39 is 0 Å². The Morgan fingerprint density at radius 1 is 1.20 bits per heavy atom. The molecule has 1 N–H and O–H groups in total. The van der Waals surface area contributed by atoms with Crippen LogP contribution in [0.5, 0.6) is 0 Å². The molecule has 2 saturated heterocycles. The van der Waals surface area contributed by atoms with Crippen LogP contribution in [0.1, 0.15) is 49.5 Å². The molecule has 1 aromatic rings. The smallest absolute Gasteiger partial charge is 0.134 e. The highest BCUT2D eigenvalue weighted by atomic mass is 15.2. The lowest BCUT2D eigenvalue weighted by atomic mass is 9.78. The second-order valence-electron chi connectivity index (χ2n) is 6.91. The van der Waals surface area contributed by atoms with E-state index in [4.69, 9.17) is 4.98 Å². The Balaban J connectivity index is 1.51. The number of aromatic nitrogens is 2. The fraction of sp³-hybridized carbons (Fsp3) is 0.750. The fourth-order valence-corrected chi connectivity index (χ4v) is 3.69. The highest BCUT2D eigenvalue weighted by molar-refractivity contribution is 5.41. The van der Waals surface area contributed by atoms with Crippen LogP contribution in [0, 0.1) is 12.3 Å². The van der Waals surface area contributed by atoms with Gasteiger partial charge in [-0.25, -0.2) is 9.97 Å². The third kappa shape index (κ3) is 2.30. The molecule has 0 bridgehead atoms. The van der Waals surface area contributed by atoms with E-state index >= 15 is 0 Å². The molecule has 0 unspecified atom stereocenters. The average molecular weight is 272 g/mol. The minimum absolute atomic E-state index is 0.581. The van der Waals surface area contributed by atoms with Crippen LogP contribution in [0.15, 0.2) is 6.07 Å². The van der Waals surface area contributed by atoms with Crippen molar-refractivity contribution in [2.24, 2.45) is 5.41 Å². The van der Waals surface area contributed by atoms with Crippen LogP contribution in [0.4, 0.5) is 5.82 Å². The largest absolute Gasteiger partial charge is 0.356 e. The number of anilines is 1. The van der Waals surface area contributed by atoms with Crippen molar-refractivity contribution >= 4 is 5.82 Å². The number of piperidine rings is 1. The zero-order chi connectivity index (χ0) is 13.6. The number of nitrogens with one attached hydrogen (secondary N) is 1. The van der Waals surface area contributed by atoms with Crippen LogP contribution in [0.2, 0.25) is 0 Å². The first-order chi connectivity index (χ1) is 9.74. The average Bonchev–Trinajstić information content (AvgIpc) is 3.22. The van der Waals surface area contributed by atoms with Crippen molar-refractivity contribution in [1.29, 1.82) is 0 Å². The number of hydrogen-bond acceptors (Lipinski definition) is 4. The molecule has 4 heteroatoms. The maximum Gasteiger partial charge on any atom is 0.134 e. The standard InChI is InChI=1S/C16H24N4/c1-12-10-14(19-15(18-12)13-2-3-13)20-8-5-16(6-9-20)4-7-17-11-16/h10,13,17H,2-9,11H2,1H3. The van der Waals surface area contributed by atoms with E-state index in [0.717, 1.165) is 24.6 Å². The van der Waals surface area contributed by atoms with Crippen LogP contribution < -0.4 is 10.2 Å². The van der Waals surface area contributed by atoms with E-state index in [1.54, 1.807) is 0 Å². The lowest BCUT2D eigenvalue weighted by molar-refractivity contribution is 0.247. The SMILES string of the molecule is Cc1cc(N2CCC3(CCNC3)CC2)nc(C2CC2)n1. The fourth-order valence-electron chi connectivity index (χ4n) is 3.69. The van der Waals surface area contributed by atoms with E-state index in [1.165, 1.54) is 51.0 Å². The first-order valence-electron chi connectivity index (χ1n) is 8.05. The molecule has 4 rings (SSSR count). The summed E-state index contributed by atoms with van der Waals surface area (Å²) in [6.07, 6.45) is 6.52. The molecule has 3 fully saturated rings. The summed E-state index contributed by atoms with van der Waals surface area (Å²) >= 11 is 0. The Hall–Kier alpha value is -1.16. The third-order valence-corrected chi connectivity index (χ3v) is 5.28. The molecule has 0 aromatic carbocycles. The molecule has 0 amide bonds. The van der Waals surface area contributed by atoms with Crippen molar-refractivity contribution in [3.8, 4) is 0 Å². The Labute approximate surface area is 121 Å². The van der Waals surface area contributed by atoms with Gasteiger partial charge in [-0.2, -0.15) is 0 Å². The molecule has 3 aliphatic rings. The quantitative estimate of drug-likeness (QED) is 0.896. The van der Waals surface area contributed by atoms with Crippen LogP contribution in [-0.4, -0.2) is 36.1 Å². The minimum atomic E-state index is 0.581. The van der Waals surface area contributed by atoms with Gasteiger partial charge in [0.15, 0.2) is 0 Å². The van der Waals surface area contributed by atoms with Crippen LogP contribution >= 0.6 is 0 Å². The van der Waals surface area contributed by atoms with E-state index in [2.05, 4.69) is 28.2 Å². The predicted octanol–water partition coefficient (Wildman–Crippen LogP) is 2.24. The molecule has 20 heavy (non-hydrogen) atoms. The van der Waals surface area contributed by atoms with Crippen LogP contribution in [0.25, 0.3) is 0 Å². The van der Waals surface area contributed by atoms with Gasteiger partial charge in [-0.05, 0) is 51.0 Å². The Morgan fingerprint density at radius 3 is 2.65 bits per heavy atom. The summed E-state index contributed by atoms with van der Waals surface area (Å²) in [6.45, 7) is 6.84. The van der Waals surface area contributed by atoms with Gasteiger partial charge < -0.3 is 10.2 Å². The second kappa shape index (κ2) is 4.69. The molecule has 3 heterocycles. The molecule has 4 nitrogen and oxygen atoms in total. The van der Waals surface area contributed by atoms with Crippen LogP contribution in [0.3, 0.4) is 0 Å². The molecule has 0 radical (unpaired) electrons. The van der Waals surface area contributed by atoms with Gasteiger partial charge in [-0.3, -0.25) is 0 Å². The summed E-state index contributed by atoms with van der Waals surface area (Å²) < 4.78 is 0. The van der Waals surface area contributed by atoms with E-state index in [9.17, 15) is 0 Å². The van der Waals surface area contributed by atoms with E-state index in [0.29, 0.717) is 11.3 Å². The number of aryl methyl sites for hydroxylation is 1. The van der Waals surface area contributed by atoms with Crippen molar-refractivity contribution in [3.05, 3.63) is 17.6 Å². The molecule has 0 atom stereocenters. The maximum atomic E-state index is 4.83. The highest BCUT2D eigenvalue weighted by Gasteiger charge is 2.37. The normalized spacial score (nSPS) is 25.4. The van der Waals surface area contributed by atoms with Crippen molar-refractivity contribution in [2.75, 3.05) is 31.1 Å². The van der Waals surface area contributed by atoms with Crippen molar-refractivity contribution in [3.63, 3.8) is 0 Å². The van der Waals surface area contributed by atoms with Gasteiger partial charge in [0.2, 0.25) is 0 Å². The summed E-state index contributed by atoms with van der Waals surface area (Å²) in [5, 5.41) is 3.53. The number of rotatable bonds is 2. The van der Waals surface area contributed by atoms with E-state index in [-0.39, 0.29) is 0 Å². The predicted molar refractivity (Wildman–Crippen MR) is 80.1 cm³/mol. The Kier molecular flexibility index (Phi) is 2.95.